The molecule has 0 fully saturated rings. The van der Waals surface area contributed by atoms with Crippen molar-refractivity contribution in [3.05, 3.63) is 52.5 Å². The number of methoxy groups -OCH3 is 2. The summed E-state index contributed by atoms with van der Waals surface area (Å²) in [5, 5.41) is 11.8. The van der Waals surface area contributed by atoms with Gasteiger partial charge in [-0.2, -0.15) is 0 Å². The zero-order valence-electron chi connectivity index (χ0n) is 12.4. The van der Waals surface area contributed by atoms with Crippen LogP contribution in [-0.2, 0) is 0 Å². The van der Waals surface area contributed by atoms with E-state index in [1.54, 1.807) is 24.3 Å². The number of carboxylic acid groups (broad SMARTS) is 1. The average molecular weight is 336 g/mol. The van der Waals surface area contributed by atoms with E-state index >= 15 is 0 Å². The van der Waals surface area contributed by atoms with Crippen molar-refractivity contribution in [3.63, 3.8) is 0 Å². The maximum atomic E-state index is 12.3. The molecule has 0 spiro atoms. The second-order valence-electron chi connectivity index (χ2n) is 4.53. The number of amides is 1. The van der Waals surface area contributed by atoms with E-state index in [0.29, 0.717) is 11.3 Å². The number of anilines is 1. The Morgan fingerprint density at radius 2 is 1.83 bits per heavy atom. The molecule has 0 heterocycles. The van der Waals surface area contributed by atoms with Gasteiger partial charge in [0.1, 0.15) is 5.75 Å². The van der Waals surface area contributed by atoms with E-state index in [0.717, 1.165) is 0 Å². The van der Waals surface area contributed by atoms with E-state index in [1.807, 2.05) is 0 Å². The van der Waals surface area contributed by atoms with Crippen LogP contribution in [0.25, 0.3) is 0 Å². The number of hydrogen-bond donors (Lipinski definition) is 2. The molecule has 2 aromatic rings. The predicted molar refractivity (Wildman–Crippen MR) is 85.9 cm³/mol. The largest absolute Gasteiger partial charge is 0.497 e. The van der Waals surface area contributed by atoms with Crippen LogP contribution in [-0.4, -0.2) is 31.2 Å². The standard InChI is InChI=1S/C16H14ClNO5/c1-22-11-5-3-4-9(6-11)15(19)18-13-8-10(16(20)21)7-12(17)14(13)23-2/h3-8H,1-2H3,(H,18,19)(H,20,21). The number of nitrogens with one attached hydrogen (secondary N) is 1. The van der Waals surface area contributed by atoms with Crippen molar-refractivity contribution < 1.29 is 24.2 Å². The Bertz CT molecular complexity index is 760. The van der Waals surface area contributed by atoms with Gasteiger partial charge in [-0.25, -0.2) is 4.79 Å². The summed E-state index contributed by atoms with van der Waals surface area (Å²) in [6, 6.07) is 9.08. The molecule has 120 valence electrons. The maximum Gasteiger partial charge on any atom is 0.335 e. The highest BCUT2D eigenvalue weighted by Gasteiger charge is 2.17. The number of rotatable bonds is 5. The van der Waals surface area contributed by atoms with Crippen LogP contribution >= 0.6 is 11.6 Å². The summed E-state index contributed by atoms with van der Waals surface area (Å²) < 4.78 is 10.2. The molecule has 2 aromatic carbocycles. The van der Waals surface area contributed by atoms with Crippen LogP contribution in [0.4, 0.5) is 5.69 Å². The van der Waals surface area contributed by atoms with Crippen LogP contribution in [0.2, 0.25) is 5.02 Å². The van der Waals surface area contributed by atoms with Crippen molar-refractivity contribution in [3.8, 4) is 11.5 Å². The summed E-state index contributed by atoms with van der Waals surface area (Å²) in [7, 11) is 2.87. The Labute approximate surface area is 137 Å². The second-order valence-corrected chi connectivity index (χ2v) is 4.94. The first-order valence-corrected chi connectivity index (χ1v) is 6.90. The molecule has 0 aliphatic carbocycles. The lowest BCUT2D eigenvalue weighted by Crippen LogP contribution is -2.13. The van der Waals surface area contributed by atoms with Crippen molar-refractivity contribution >= 4 is 29.2 Å². The zero-order chi connectivity index (χ0) is 17.0. The van der Waals surface area contributed by atoms with Gasteiger partial charge in [0.2, 0.25) is 0 Å². The summed E-state index contributed by atoms with van der Waals surface area (Å²) in [5.74, 6) is -0.887. The summed E-state index contributed by atoms with van der Waals surface area (Å²) >= 11 is 6.00. The second kappa shape index (κ2) is 7.02. The van der Waals surface area contributed by atoms with Gasteiger partial charge in [0, 0.05) is 5.56 Å². The molecular formula is C16H14ClNO5. The highest BCUT2D eigenvalue weighted by Crippen LogP contribution is 2.34. The van der Waals surface area contributed by atoms with Crippen LogP contribution in [0.1, 0.15) is 20.7 Å². The van der Waals surface area contributed by atoms with Crippen LogP contribution in [0, 0.1) is 0 Å². The Morgan fingerprint density at radius 3 is 2.43 bits per heavy atom. The Balaban J connectivity index is 2.37. The van der Waals surface area contributed by atoms with Gasteiger partial charge in [-0.15, -0.1) is 0 Å². The molecule has 23 heavy (non-hydrogen) atoms. The highest BCUT2D eigenvalue weighted by atomic mass is 35.5. The van der Waals surface area contributed by atoms with Gasteiger partial charge in [-0.3, -0.25) is 4.79 Å². The monoisotopic (exact) mass is 335 g/mol. The van der Waals surface area contributed by atoms with Crippen molar-refractivity contribution in [1.29, 1.82) is 0 Å². The number of benzene rings is 2. The maximum absolute atomic E-state index is 12.3. The molecule has 0 saturated heterocycles. The minimum Gasteiger partial charge on any atom is -0.497 e. The zero-order valence-corrected chi connectivity index (χ0v) is 13.2. The van der Waals surface area contributed by atoms with Crippen molar-refractivity contribution in [2.45, 2.75) is 0 Å². The molecular weight excluding hydrogens is 322 g/mol. The number of carboxylic acids is 1. The fraction of sp³-hybridized carbons (Fsp3) is 0.125. The van der Waals surface area contributed by atoms with E-state index < -0.39 is 11.9 Å². The lowest BCUT2D eigenvalue weighted by Gasteiger charge is -2.13. The van der Waals surface area contributed by atoms with Gasteiger partial charge in [-0.05, 0) is 30.3 Å². The molecule has 0 radical (unpaired) electrons. The van der Waals surface area contributed by atoms with E-state index in [4.69, 9.17) is 26.2 Å². The fourth-order valence-corrected chi connectivity index (χ4v) is 2.27. The van der Waals surface area contributed by atoms with Gasteiger partial charge >= 0.3 is 5.97 Å². The summed E-state index contributed by atoms with van der Waals surface area (Å²) in [4.78, 5) is 23.4. The molecule has 0 aliphatic heterocycles. The Kier molecular flexibility index (Phi) is 5.08. The van der Waals surface area contributed by atoms with Crippen molar-refractivity contribution in [2.24, 2.45) is 0 Å². The third-order valence-electron chi connectivity index (χ3n) is 3.07. The topological polar surface area (TPSA) is 84.9 Å². The molecule has 0 unspecified atom stereocenters. The van der Waals surface area contributed by atoms with Gasteiger partial charge in [0.05, 0.1) is 30.5 Å². The van der Waals surface area contributed by atoms with Gasteiger partial charge in [0.15, 0.2) is 5.75 Å². The Hall–Kier alpha value is -2.73. The minimum atomic E-state index is -1.16. The number of carbonyl (C=O) groups excluding carboxylic acids is 1. The fourth-order valence-electron chi connectivity index (χ4n) is 1.98. The third-order valence-corrected chi connectivity index (χ3v) is 3.36. The molecule has 0 atom stereocenters. The first kappa shape index (κ1) is 16.6. The number of ether oxygens (including phenoxy) is 2. The minimum absolute atomic E-state index is 0.0586. The van der Waals surface area contributed by atoms with Gasteiger partial charge in [-0.1, -0.05) is 17.7 Å². The van der Waals surface area contributed by atoms with E-state index in [-0.39, 0.29) is 22.0 Å². The summed E-state index contributed by atoms with van der Waals surface area (Å²) in [6.45, 7) is 0. The quantitative estimate of drug-likeness (QED) is 0.875. The molecule has 1 amide bonds. The number of aromatic carboxylic acids is 1. The smallest absolute Gasteiger partial charge is 0.335 e. The summed E-state index contributed by atoms with van der Waals surface area (Å²) in [5.41, 5.74) is 0.463. The van der Waals surface area contributed by atoms with E-state index in [9.17, 15) is 9.59 Å². The predicted octanol–water partition coefficient (Wildman–Crippen LogP) is 3.31. The molecule has 0 aliphatic rings. The molecule has 0 aromatic heterocycles. The molecule has 0 bridgehead atoms. The summed E-state index contributed by atoms with van der Waals surface area (Å²) in [6.07, 6.45) is 0. The normalized spacial score (nSPS) is 10.0. The molecule has 0 saturated carbocycles. The third kappa shape index (κ3) is 3.73. The lowest BCUT2D eigenvalue weighted by molar-refractivity contribution is 0.0696. The SMILES string of the molecule is COc1cccc(C(=O)Nc2cc(C(=O)O)cc(Cl)c2OC)c1. The number of carbonyl (C=O) groups is 2. The van der Waals surface area contributed by atoms with E-state index in [2.05, 4.69) is 5.32 Å². The first-order valence-electron chi connectivity index (χ1n) is 6.52. The molecule has 6 nitrogen and oxygen atoms in total. The van der Waals surface area contributed by atoms with E-state index in [1.165, 1.54) is 26.4 Å². The molecule has 7 heteroatoms. The van der Waals surface area contributed by atoms with Gasteiger partial charge in [0.25, 0.3) is 5.91 Å². The number of halogens is 1. The number of hydrogen-bond acceptors (Lipinski definition) is 4. The molecule has 2 N–H and O–H groups in total. The van der Waals surface area contributed by atoms with Crippen LogP contribution < -0.4 is 14.8 Å². The molecule has 2 rings (SSSR count). The van der Waals surface area contributed by atoms with Gasteiger partial charge < -0.3 is 19.9 Å². The van der Waals surface area contributed by atoms with Crippen molar-refractivity contribution in [1.82, 2.24) is 0 Å². The van der Waals surface area contributed by atoms with Crippen LogP contribution in [0.5, 0.6) is 11.5 Å². The van der Waals surface area contributed by atoms with Crippen LogP contribution in [0.3, 0.4) is 0 Å². The highest BCUT2D eigenvalue weighted by molar-refractivity contribution is 6.33. The average Bonchev–Trinajstić information content (AvgIpc) is 2.54. The van der Waals surface area contributed by atoms with Crippen LogP contribution in [0.15, 0.2) is 36.4 Å². The first-order chi connectivity index (χ1) is 11.0. The van der Waals surface area contributed by atoms with Crippen molar-refractivity contribution in [2.75, 3.05) is 19.5 Å². The lowest BCUT2D eigenvalue weighted by atomic mass is 10.1. The Morgan fingerprint density at radius 1 is 1.09 bits per heavy atom.